The lowest BCUT2D eigenvalue weighted by Crippen LogP contribution is -2.41. The van der Waals surface area contributed by atoms with E-state index in [1.165, 1.54) is 12.5 Å². The highest BCUT2D eigenvalue weighted by Crippen LogP contribution is 2.27. The molecule has 104 valence electrons. The molecule has 1 aliphatic rings. The third-order valence-corrected chi connectivity index (χ3v) is 3.82. The summed E-state index contributed by atoms with van der Waals surface area (Å²) in [7, 11) is 0. The van der Waals surface area contributed by atoms with E-state index in [2.05, 4.69) is 12.2 Å². The first-order valence-electron chi connectivity index (χ1n) is 6.74. The SMILES string of the molecule is CCC1CCCCC1NC(=O)c1cc(C(=O)O)co1. The molecule has 0 bridgehead atoms. The van der Waals surface area contributed by atoms with Crippen LogP contribution in [0.25, 0.3) is 0 Å². The minimum absolute atomic E-state index is 0.000774. The number of nitrogens with one attached hydrogen (secondary N) is 1. The highest BCUT2D eigenvalue weighted by atomic mass is 16.4. The summed E-state index contributed by atoms with van der Waals surface area (Å²) in [5.41, 5.74) is 0.000774. The molecule has 0 spiro atoms. The van der Waals surface area contributed by atoms with Crippen molar-refractivity contribution in [3.05, 3.63) is 23.7 Å². The Hall–Kier alpha value is -1.78. The minimum Gasteiger partial charge on any atom is -0.478 e. The van der Waals surface area contributed by atoms with Gasteiger partial charge in [-0.25, -0.2) is 4.79 Å². The van der Waals surface area contributed by atoms with Crippen LogP contribution < -0.4 is 5.32 Å². The lowest BCUT2D eigenvalue weighted by Gasteiger charge is -2.31. The Labute approximate surface area is 112 Å². The molecule has 1 aliphatic carbocycles. The largest absolute Gasteiger partial charge is 0.478 e. The van der Waals surface area contributed by atoms with Crippen LogP contribution in [0.4, 0.5) is 0 Å². The maximum absolute atomic E-state index is 12.0. The summed E-state index contributed by atoms with van der Waals surface area (Å²) in [4.78, 5) is 22.7. The van der Waals surface area contributed by atoms with Gasteiger partial charge in [0, 0.05) is 12.1 Å². The summed E-state index contributed by atoms with van der Waals surface area (Å²) >= 11 is 0. The fourth-order valence-corrected chi connectivity index (χ4v) is 2.69. The molecular weight excluding hydrogens is 246 g/mol. The average Bonchev–Trinajstić information content (AvgIpc) is 2.89. The molecule has 2 rings (SSSR count). The third kappa shape index (κ3) is 3.16. The van der Waals surface area contributed by atoms with E-state index in [1.54, 1.807) is 0 Å². The Balaban J connectivity index is 2.01. The predicted octanol–water partition coefficient (Wildman–Crippen LogP) is 2.68. The topological polar surface area (TPSA) is 79.5 Å². The number of carboxylic acid groups (broad SMARTS) is 1. The van der Waals surface area contributed by atoms with Gasteiger partial charge in [-0.1, -0.05) is 26.2 Å². The summed E-state index contributed by atoms with van der Waals surface area (Å²) < 4.78 is 5.01. The number of carbonyl (C=O) groups is 2. The predicted molar refractivity (Wildman–Crippen MR) is 69.2 cm³/mol. The molecule has 0 aliphatic heterocycles. The summed E-state index contributed by atoms with van der Waals surface area (Å²) in [6.07, 6.45) is 6.60. The minimum atomic E-state index is -1.09. The zero-order chi connectivity index (χ0) is 13.8. The second kappa shape index (κ2) is 5.91. The number of aromatic carboxylic acids is 1. The number of amides is 1. The Morgan fingerprint density at radius 2 is 2.16 bits per heavy atom. The molecule has 1 aromatic heterocycles. The van der Waals surface area contributed by atoms with Gasteiger partial charge in [-0.05, 0) is 18.8 Å². The van der Waals surface area contributed by atoms with Crippen LogP contribution in [0.15, 0.2) is 16.7 Å². The van der Waals surface area contributed by atoms with E-state index in [-0.39, 0.29) is 23.3 Å². The van der Waals surface area contributed by atoms with E-state index < -0.39 is 5.97 Å². The molecule has 2 N–H and O–H groups in total. The smallest absolute Gasteiger partial charge is 0.338 e. The second-order valence-electron chi connectivity index (χ2n) is 5.04. The standard InChI is InChI=1S/C14H19NO4/c1-2-9-5-3-4-6-11(9)15-13(16)12-7-10(8-19-12)14(17)18/h7-9,11H,2-6H2,1H3,(H,15,16)(H,17,18). The van der Waals surface area contributed by atoms with Gasteiger partial charge in [0.25, 0.3) is 5.91 Å². The van der Waals surface area contributed by atoms with Crippen molar-refractivity contribution >= 4 is 11.9 Å². The lowest BCUT2D eigenvalue weighted by atomic mass is 9.83. The number of furan rings is 1. The van der Waals surface area contributed by atoms with Crippen molar-refractivity contribution in [1.29, 1.82) is 0 Å². The Bertz CT molecular complexity index is 466. The van der Waals surface area contributed by atoms with E-state index in [9.17, 15) is 9.59 Å². The van der Waals surface area contributed by atoms with Gasteiger partial charge >= 0.3 is 5.97 Å². The monoisotopic (exact) mass is 265 g/mol. The normalized spacial score (nSPS) is 23.0. The van der Waals surface area contributed by atoms with Crippen molar-refractivity contribution in [3.63, 3.8) is 0 Å². The summed E-state index contributed by atoms with van der Waals surface area (Å²) in [6.45, 7) is 2.13. The van der Waals surface area contributed by atoms with E-state index in [4.69, 9.17) is 9.52 Å². The van der Waals surface area contributed by atoms with Gasteiger partial charge in [0.15, 0.2) is 5.76 Å². The number of rotatable bonds is 4. The van der Waals surface area contributed by atoms with Gasteiger partial charge < -0.3 is 14.8 Å². The van der Waals surface area contributed by atoms with Gasteiger partial charge in [-0.2, -0.15) is 0 Å². The van der Waals surface area contributed by atoms with Gasteiger partial charge in [0.2, 0.25) is 0 Å². The van der Waals surface area contributed by atoms with Crippen molar-refractivity contribution in [2.24, 2.45) is 5.92 Å². The van der Waals surface area contributed by atoms with Crippen LogP contribution in [0.3, 0.4) is 0 Å². The molecule has 5 nitrogen and oxygen atoms in total. The summed E-state index contributed by atoms with van der Waals surface area (Å²) in [5, 5.41) is 11.8. The first-order valence-corrected chi connectivity index (χ1v) is 6.74. The van der Waals surface area contributed by atoms with Crippen molar-refractivity contribution in [3.8, 4) is 0 Å². The molecule has 1 aromatic rings. The molecule has 0 radical (unpaired) electrons. The van der Waals surface area contributed by atoms with Crippen LogP contribution in [-0.2, 0) is 0 Å². The van der Waals surface area contributed by atoms with E-state index >= 15 is 0 Å². The van der Waals surface area contributed by atoms with Gasteiger partial charge in [0.1, 0.15) is 6.26 Å². The van der Waals surface area contributed by atoms with Gasteiger partial charge in [-0.15, -0.1) is 0 Å². The Kier molecular flexibility index (Phi) is 4.24. The second-order valence-corrected chi connectivity index (χ2v) is 5.04. The Morgan fingerprint density at radius 3 is 2.79 bits per heavy atom. The lowest BCUT2D eigenvalue weighted by molar-refractivity contribution is 0.0695. The molecule has 1 fully saturated rings. The fourth-order valence-electron chi connectivity index (χ4n) is 2.69. The quantitative estimate of drug-likeness (QED) is 0.877. The molecule has 2 unspecified atom stereocenters. The van der Waals surface area contributed by atoms with Crippen LogP contribution >= 0.6 is 0 Å². The van der Waals surface area contributed by atoms with E-state index in [1.807, 2.05) is 0 Å². The van der Waals surface area contributed by atoms with E-state index in [0.29, 0.717) is 5.92 Å². The summed E-state index contributed by atoms with van der Waals surface area (Å²) in [5.74, 6) is -0.839. The Morgan fingerprint density at radius 1 is 1.42 bits per heavy atom. The highest BCUT2D eigenvalue weighted by Gasteiger charge is 2.26. The average molecular weight is 265 g/mol. The molecule has 1 amide bonds. The first kappa shape index (κ1) is 13.6. The van der Waals surface area contributed by atoms with Crippen molar-refractivity contribution < 1.29 is 19.1 Å². The highest BCUT2D eigenvalue weighted by molar-refractivity contribution is 5.95. The van der Waals surface area contributed by atoms with Crippen molar-refractivity contribution in [2.45, 2.75) is 45.1 Å². The number of carbonyl (C=O) groups excluding carboxylic acids is 1. The van der Waals surface area contributed by atoms with Crippen molar-refractivity contribution in [1.82, 2.24) is 5.32 Å². The molecular formula is C14H19NO4. The molecule has 0 saturated heterocycles. The summed E-state index contributed by atoms with van der Waals surface area (Å²) in [6, 6.07) is 1.44. The van der Waals surface area contributed by atoms with Gasteiger partial charge in [-0.3, -0.25) is 4.79 Å². The zero-order valence-electron chi connectivity index (χ0n) is 11.0. The first-order chi connectivity index (χ1) is 9.11. The molecule has 2 atom stereocenters. The third-order valence-electron chi connectivity index (χ3n) is 3.82. The van der Waals surface area contributed by atoms with Gasteiger partial charge in [0.05, 0.1) is 5.56 Å². The number of hydrogen-bond donors (Lipinski definition) is 2. The maximum Gasteiger partial charge on any atom is 0.338 e. The number of carboxylic acids is 1. The maximum atomic E-state index is 12.0. The van der Waals surface area contributed by atoms with Crippen LogP contribution in [0, 0.1) is 5.92 Å². The van der Waals surface area contributed by atoms with Crippen LogP contribution in [0.5, 0.6) is 0 Å². The number of hydrogen-bond acceptors (Lipinski definition) is 3. The zero-order valence-corrected chi connectivity index (χ0v) is 11.0. The molecule has 0 aromatic carbocycles. The molecule has 1 heterocycles. The molecule has 5 heteroatoms. The van der Waals surface area contributed by atoms with Crippen LogP contribution in [0.1, 0.15) is 59.9 Å². The van der Waals surface area contributed by atoms with Crippen molar-refractivity contribution in [2.75, 3.05) is 0 Å². The molecule has 1 saturated carbocycles. The van der Waals surface area contributed by atoms with Crippen LogP contribution in [-0.4, -0.2) is 23.0 Å². The molecule has 19 heavy (non-hydrogen) atoms. The van der Waals surface area contributed by atoms with E-state index in [0.717, 1.165) is 31.9 Å². The van der Waals surface area contributed by atoms with Crippen LogP contribution in [0.2, 0.25) is 0 Å². The fraction of sp³-hybridized carbons (Fsp3) is 0.571.